The Hall–Kier alpha value is -11.6. The lowest BCUT2D eigenvalue weighted by molar-refractivity contribution is -0.660. The first-order valence-corrected chi connectivity index (χ1v) is 46.0. The minimum atomic E-state index is -5.46. The Labute approximate surface area is 760 Å². The van der Waals surface area contributed by atoms with E-state index in [0.29, 0.717) is 50.0 Å². The standard InChI is InChI=1S/C30H36N.C29H25F6N2O.C29H31N2O.C27H32N/c1-23-8-4-5-9-28(23)29-22-27(16-21-31(29)2)25-12-10-24(11-13-25)26-14-19-30(20-15-26)17-6-3-7-18-30;1-15-13-21-20-10-9-16(2)36-26(20)38-25(21)24(17(15)3)23-12-11-19-18(7-6-8-22(19)37(23)5)14-27(4,28(30,31)32)29(33,34)35;1-17-15-23-22-12-11-18(2)30-28(22)32-27(23)26(19(17)3)25-14-13-21-20(16-29(4,5)6)9-8-10-24(21)31(25)7;1-20-7-5-6-8-25(20)26-19-24(15-18-28(26)4)22-11-9-21(10-12-22)23-13-16-27(2,3)17-14-23/h4-5,8-13,16,21-22,26H,3,6-7,14-15,17-20H2,1-2H3;6-13H,14H2,1-5H3;8-15H,16H2,1-7H3;5-12,15,18-19,23H,13-14,16-17H2,1-4H3/q4*+1/i;;16D2;. The molecule has 8 aromatic carbocycles. The summed E-state index contributed by atoms with van der Waals surface area (Å²) in [6.07, 6.45) is 9.14. The van der Waals surface area contributed by atoms with E-state index in [4.69, 9.17) is 11.6 Å². The largest absolute Gasteiger partial charge is 0.437 e. The number of fused-ring (bicyclic) bond motifs is 8. The van der Waals surface area contributed by atoms with Crippen LogP contribution in [-0.2, 0) is 41.0 Å². The third-order valence-corrected chi connectivity index (χ3v) is 28.8. The molecule has 0 atom stereocenters. The molecule has 8 nitrogen and oxygen atoms in total. The highest BCUT2D eigenvalue weighted by Gasteiger charge is 2.67. The summed E-state index contributed by atoms with van der Waals surface area (Å²) in [5.74, 6) is 1.50. The Morgan fingerprint density at radius 3 is 1.22 bits per heavy atom. The zero-order valence-corrected chi connectivity index (χ0v) is 78.3. The maximum absolute atomic E-state index is 13.7. The number of halogens is 6. The van der Waals surface area contributed by atoms with Gasteiger partial charge in [0, 0.05) is 106 Å². The lowest BCUT2D eigenvalue weighted by Crippen LogP contribution is -2.49. The highest BCUT2D eigenvalue weighted by atomic mass is 19.4. The molecule has 0 amide bonds. The average molecular weight is 1740 g/mol. The van der Waals surface area contributed by atoms with Gasteiger partial charge in [-0.15, -0.1) is 0 Å². The molecular weight excluding hydrogens is 1610 g/mol. The number of benzene rings is 8. The molecule has 16 aromatic rings. The van der Waals surface area contributed by atoms with Gasteiger partial charge in [0.05, 0.1) is 11.1 Å². The monoisotopic (exact) mass is 1740 g/mol. The Kier molecular flexibility index (Phi) is 24.6. The summed E-state index contributed by atoms with van der Waals surface area (Å²) in [6.45, 7) is 27.3. The normalized spacial score (nSPS) is 15.9. The molecule has 129 heavy (non-hydrogen) atoms. The predicted octanol–water partition coefficient (Wildman–Crippen LogP) is 30.0. The summed E-state index contributed by atoms with van der Waals surface area (Å²) in [5, 5.41) is 5.08. The van der Waals surface area contributed by atoms with Gasteiger partial charge in [-0.3, -0.25) is 0 Å². The molecule has 0 bridgehead atoms. The van der Waals surface area contributed by atoms with Crippen molar-refractivity contribution in [2.45, 2.75) is 217 Å². The molecule has 8 heterocycles. The molecule has 8 aromatic heterocycles. The van der Waals surface area contributed by atoms with Gasteiger partial charge in [0.2, 0.25) is 45.2 Å². The number of furan rings is 2. The third kappa shape index (κ3) is 18.6. The van der Waals surface area contributed by atoms with Gasteiger partial charge in [0.15, 0.2) is 29.0 Å². The second-order valence-corrected chi connectivity index (χ2v) is 39.4. The molecule has 0 N–H and O–H groups in total. The van der Waals surface area contributed by atoms with Crippen LogP contribution in [0.25, 0.3) is 133 Å². The molecule has 0 saturated heterocycles. The second kappa shape index (κ2) is 36.0. The van der Waals surface area contributed by atoms with Crippen molar-refractivity contribution >= 4 is 65.9 Å². The molecule has 19 rings (SSSR count). The highest BCUT2D eigenvalue weighted by Crippen LogP contribution is 2.54. The molecule has 14 heteroatoms. The Morgan fingerprint density at radius 2 is 0.798 bits per heavy atom. The van der Waals surface area contributed by atoms with Gasteiger partial charge in [-0.05, 0) is 306 Å². The Morgan fingerprint density at radius 1 is 0.395 bits per heavy atom. The number of hydrogen-bond acceptors (Lipinski definition) is 4. The fraction of sp³-hybridized carbons (Fsp3) is 0.357. The van der Waals surface area contributed by atoms with Gasteiger partial charge >= 0.3 is 12.4 Å². The smallest absolute Gasteiger partial charge is 0.403 e. The SMILES string of the molecule is Cc1ccc2c(n1)oc1c(-c3ccc4c(CC(C)(C(F)(F)F)C(F)(F)F)cccc4[n+]3C)c(C)c(C)cc12.Cc1ccccc1-c1cc(-c2ccc(C3CCC(C)(C)CC3)cc2)cc[n+]1C.Cc1ccccc1-c1cc(-c2ccc(C3CCC4(CCCCC4)CC3)cc2)cc[n+]1C.[2H]C([2H])(c1cccc2c1ccc(-c1c(C)c(C)cc3c1oc1nc(C)ccc13)[n+]2C)C(C)(C)C. The summed E-state index contributed by atoms with van der Waals surface area (Å²) in [7, 11) is 8.05. The van der Waals surface area contributed by atoms with E-state index in [1.54, 1.807) is 35.4 Å². The first-order chi connectivity index (χ1) is 62.1. The van der Waals surface area contributed by atoms with Crippen LogP contribution in [0.2, 0.25) is 0 Å². The number of pyridine rings is 6. The van der Waals surface area contributed by atoms with E-state index in [2.05, 4.69) is 243 Å². The van der Waals surface area contributed by atoms with Crippen molar-refractivity contribution in [1.82, 2.24) is 9.97 Å². The van der Waals surface area contributed by atoms with E-state index in [-0.39, 0.29) is 12.5 Å². The van der Waals surface area contributed by atoms with Crippen LogP contribution in [0, 0.1) is 77.0 Å². The number of rotatable bonds is 11. The zero-order chi connectivity index (χ0) is 93.3. The molecule has 1 spiro atoms. The van der Waals surface area contributed by atoms with Crippen LogP contribution in [0.15, 0.2) is 240 Å². The van der Waals surface area contributed by atoms with Gasteiger partial charge in [0.25, 0.3) is 0 Å². The summed E-state index contributed by atoms with van der Waals surface area (Å²) < 4.78 is 121. The van der Waals surface area contributed by atoms with Crippen molar-refractivity contribution in [3.05, 3.63) is 298 Å². The topological polar surface area (TPSA) is 67.6 Å². The summed E-state index contributed by atoms with van der Waals surface area (Å²) >= 11 is 0. The van der Waals surface area contributed by atoms with Gasteiger partial charge in [-0.2, -0.15) is 35.5 Å². The van der Waals surface area contributed by atoms with Crippen molar-refractivity contribution in [1.29, 1.82) is 0 Å². The Balaban J connectivity index is 0.000000128. The number of nitrogens with zero attached hydrogens (tertiary/aromatic N) is 6. The number of aromatic nitrogens is 6. The van der Waals surface area contributed by atoms with Crippen LogP contribution in [-0.4, -0.2) is 22.3 Å². The van der Waals surface area contributed by atoms with E-state index in [9.17, 15) is 26.3 Å². The van der Waals surface area contributed by atoms with Crippen LogP contribution >= 0.6 is 0 Å². The van der Waals surface area contributed by atoms with Crippen molar-refractivity contribution in [3.63, 3.8) is 0 Å². The molecule has 3 saturated carbocycles. The maximum Gasteiger partial charge on any atom is 0.403 e. The van der Waals surface area contributed by atoms with E-state index in [0.717, 1.165) is 89.2 Å². The van der Waals surface area contributed by atoms with Crippen LogP contribution in [0.3, 0.4) is 0 Å². The fourth-order valence-electron chi connectivity index (χ4n) is 20.4. The Bertz CT molecular complexity index is 6970. The summed E-state index contributed by atoms with van der Waals surface area (Å²) in [4.78, 5) is 9.13. The minimum absolute atomic E-state index is 0.0312. The van der Waals surface area contributed by atoms with E-state index < -0.39 is 36.0 Å². The lowest BCUT2D eigenvalue weighted by atomic mass is 9.62. The molecule has 664 valence electrons. The van der Waals surface area contributed by atoms with E-state index >= 15 is 0 Å². The average Bonchev–Trinajstić information content (AvgIpc) is 1.55. The maximum atomic E-state index is 13.7. The zero-order valence-electron chi connectivity index (χ0n) is 80.3. The number of hydrogen-bond donors (Lipinski definition) is 0. The first kappa shape index (κ1) is 88.0. The first-order valence-electron chi connectivity index (χ1n) is 47.0. The third-order valence-electron chi connectivity index (χ3n) is 28.8. The second-order valence-electron chi connectivity index (χ2n) is 39.4. The molecule has 0 aliphatic heterocycles. The van der Waals surface area contributed by atoms with E-state index in [1.807, 2.05) is 91.9 Å². The van der Waals surface area contributed by atoms with Crippen molar-refractivity contribution in [2.75, 3.05) is 0 Å². The van der Waals surface area contributed by atoms with E-state index in [1.165, 1.54) is 168 Å². The number of alkyl halides is 6. The van der Waals surface area contributed by atoms with Crippen LogP contribution in [0.4, 0.5) is 26.3 Å². The number of aryl methyl sites for hydroxylation is 10. The minimum Gasteiger partial charge on any atom is -0.437 e. The van der Waals surface area contributed by atoms with Gasteiger partial charge in [-0.1, -0.05) is 163 Å². The molecule has 3 fully saturated rings. The van der Waals surface area contributed by atoms with Gasteiger partial charge < -0.3 is 8.83 Å². The molecule has 0 radical (unpaired) electrons. The predicted molar refractivity (Wildman–Crippen MR) is 515 cm³/mol. The summed E-state index contributed by atoms with van der Waals surface area (Å²) in [6, 6.07) is 75.3. The van der Waals surface area contributed by atoms with Gasteiger partial charge in [-0.25, -0.2) is 19.1 Å². The van der Waals surface area contributed by atoms with Crippen molar-refractivity contribution < 1.29 is 56.2 Å². The van der Waals surface area contributed by atoms with Crippen LogP contribution < -0.4 is 18.3 Å². The molecule has 0 unspecified atom stereocenters. The van der Waals surface area contributed by atoms with Crippen LogP contribution in [0.5, 0.6) is 0 Å². The molecule has 3 aliphatic carbocycles. The van der Waals surface area contributed by atoms with Gasteiger partial charge in [0.1, 0.15) is 28.2 Å². The quantitative estimate of drug-likeness (QED) is 0.0956. The molecule has 3 aliphatic rings. The van der Waals surface area contributed by atoms with Crippen molar-refractivity contribution in [2.24, 2.45) is 49.9 Å². The lowest BCUT2D eigenvalue weighted by Gasteiger charge is -2.43. The summed E-state index contributed by atoms with van der Waals surface area (Å²) in [5.41, 5.74) is 27.3. The van der Waals surface area contributed by atoms with Crippen molar-refractivity contribution in [3.8, 4) is 67.3 Å². The highest BCUT2D eigenvalue weighted by molar-refractivity contribution is 6.11. The fourth-order valence-corrected chi connectivity index (χ4v) is 20.4. The van der Waals surface area contributed by atoms with Crippen LogP contribution in [0.1, 0.15) is 207 Å². The molecular formula is C115H124F6N6O2+4.